The van der Waals surface area contributed by atoms with Crippen LogP contribution < -0.4 is 0 Å². The van der Waals surface area contributed by atoms with Gasteiger partial charge >= 0.3 is 5.97 Å². The highest BCUT2D eigenvalue weighted by Gasteiger charge is 2.24. The third-order valence-corrected chi connectivity index (χ3v) is 1.91. The van der Waals surface area contributed by atoms with Crippen LogP contribution in [0.5, 0.6) is 0 Å². The van der Waals surface area contributed by atoms with Gasteiger partial charge in [-0.1, -0.05) is 6.42 Å². The second-order valence-electron chi connectivity index (χ2n) is 2.66. The minimum atomic E-state index is -0.829. The lowest BCUT2D eigenvalue weighted by Gasteiger charge is -2.18. The molecule has 3 heteroatoms. The van der Waals surface area contributed by atoms with Gasteiger partial charge in [-0.25, -0.2) is 0 Å². The molecule has 0 unspecified atom stereocenters. The maximum Gasteiger partial charge on any atom is 0.312 e. The van der Waals surface area contributed by atoms with Crippen molar-refractivity contribution in [1.82, 2.24) is 0 Å². The van der Waals surface area contributed by atoms with Gasteiger partial charge in [-0.2, -0.15) is 0 Å². The van der Waals surface area contributed by atoms with Crippen LogP contribution in [0.2, 0.25) is 0 Å². The van der Waals surface area contributed by atoms with Crippen molar-refractivity contribution in [2.24, 2.45) is 5.92 Å². The van der Waals surface area contributed by atoms with Gasteiger partial charge in [0.25, 0.3) is 0 Å². The van der Waals surface area contributed by atoms with Gasteiger partial charge in [-0.05, 0) is 19.3 Å². The van der Waals surface area contributed by atoms with Crippen LogP contribution in [0, 0.1) is 11.3 Å². The van der Waals surface area contributed by atoms with Crippen molar-refractivity contribution in [1.29, 1.82) is 5.41 Å². The highest BCUT2D eigenvalue weighted by atomic mass is 16.4. The molecule has 0 saturated heterocycles. The zero-order valence-corrected chi connectivity index (χ0v) is 5.76. The number of carboxylic acids is 1. The van der Waals surface area contributed by atoms with Crippen LogP contribution >= 0.6 is 0 Å². The van der Waals surface area contributed by atoms with Crippen LogP contribution in [-0.4, -0.2) is 16.8 Å². The first-order valence-electron chi connectivity index (χ1n) is 3.52. The number of carboxylic acid groups (broad SMARTS) is 1. The van der Waals surface area contributed by atoms with Gasteiger partial charge in [0.15, 0.2) is 0 Å². The Kier molecular flexibility index (Phi) is 2.04. The Hall–Kier alpha value is -0.860. The fourth-order valence-corrected chi connectivity index (χ4v) is 1.28. The van der Waals surface area contributed by atoms with Gasteiger partial charge in [0.1, 0.15) is 0 Å². The minimum absolute atomic E-state index is 0.402. The van der Waals surface area contributed by atoms with E-state index in [2.05, 4.69) is 0 Å². The quantitative estimate of drug-likeness (QED) is 0.577. The maximum absolute atomic E-state index is 10.4. The average molecular weight is 141 g/mol. The number of nitrogens with one attached hydrogen (secondary N) is 1. The number of hydrogen-bond acceptors (Lipinski definition) is 2. The zero-order valence-electron chi connectivity index (χ0n) is 5.76. The van der Waals surface area contributed by atoms with Crippen molar-refractivity contribution in [3.8, 4) is 0 Å². The number of aliphatic carboxylic acids is 1. The Morgan fingerprint density at radius 1 is 1.60 bits per heavy atom. The predicted molar refractivity (Wildman–Crippen MR) is 37.3 cm³/mol. The van der Waals surface area contributed by atoms with E-state index in [0.717, 1.165) is 12.8 Å². The van der Waals surface area contributed by atoms with E-state index in [9.17, 15) is 4.79 Å². The molecule has 2 N–H and O–H groups in total. The van der Waals surface area contributed by atoms with Crippen molar-refractivity contribution >= 4 is 11.7 Å². The van der Waals surface area contributed by atoms with Crippen molar-refractivity contribution in [3.63, 3.8) is 0 Å². The lowest BCUT2D eigenvalue weighted by molar-refractivity contribution is -0.139. The Morgan fingerprint density at radius 2 is 2.30 bits per heavy atom. The Labute approximate surface area is 59.6 Å². The lowest BCUT2D eigenvalue weighted by atomic mass is 9.87. The molecule has 0 spiro atoms. The summed E-state index contributed by atoms with van der Waals surface area (Å²) in [5, 5.41) is 15.9. The first-order chi connectivity index (χ1) is 4.72. The van der Waals surface area contributed by atoms with Crippen molar-refractivity contribution in [3.05, 3.63) is 0 Å². The lowest BCUT2D eigenvalue weighted by Crippen LogP contribution is -2.26. The van der Waals surface area contributed by atoms with E-state index in [1.54, 1.807) is 0 Å². The normalized spacial score (nSPS) is 26.4. The predicted octanol–water partition coefficient (Wildman–Crippen LogP) is 1.28. The fraction of sp³-hybridized carbons (Fsp3) is 0.714. The Balaban J connectivity index is 2.56. The van der Waals surface area contributed by atoms with Crippen LogP contribution in [0.1, 0.15) is 25.7 Å². The second-order valence-corrected chi connectivity index (χ2v) is 2.66. The van der Waals surface area contributed by atoms with Crippen LogP contribution in [0.25, 0.3) is 0 Å². The van der Waals surface area contributed by atoms with Gasteiger partial charge in [-0.15, -0.1) is 0 Å². The molecule has 0 heterocycles. The molecule has 0 aromatic carbocycles. The first-order valence-corrected chi connectivity index (χ1v) is 3.52. The molecule has 0 amide bonds. The molecular formula is C7H11NO2. The third-order valence-electron chi connectivity index (χ3n) is 1.91. The zero-order chi connectivity index (χ0) is 7.56. The number of hydrogen-bond donors (Lipinski definition) is 2. The Bertz CT molecular complexity index is 165. The SMILES string of the molecule is N=C1CCCC[C@H]1C(=O)O. The van der Waals surface area contributed by atoms with E-state index in [1.807, 2.05) is 0 Å². The summed E-state index contributed by atoms with van der Waals surface area (Å²) in [6, 6.07) is 0. The van der Waals surface area contributed by atoms with Crippen LogP contribution in [0.15, 0.2) is 0 Å². The van der Waals surface area contributed by atoms with E-state index in [4.69, 9.17) is 10.5 Å². The molecule has 3 nitrogen and oxygen atoms in total. The molecule has 0 radical (unpaired) electrons. The fourth-order valence-electron chi connectivity index (χ4n) is 1.28. The van der Waals surface area contributed by atoms with Gasteiger partial charge in [0.05, 0.1) is 5.92 Å². The molecule has 0 aliphatic heterocycles. The van der Waals surface area contributed by atoms with Crippen molar-refractivity contribution < 1.29 is 9.90 Å². The summed E-state index contributed by atoms with van der Waals surface area (Å²) in [4.78, 5) is 10.4. The van der Waals surface area contributed by atoms with Gasteiger partial charge in [-0.3, -0.25) is 4.79 Å². The summed E-state index contributed by atoms with van der Waals surface area (Å²) < 4.78 is 0. The largest absolute Gasteiger partial charge is 0.481 e. The molecule has 10 heavy (non-hydrogen) atoms. The highest BCUT2D eigenvalue weighted by Crippen LogP contribution is 2.20. The number of rotatable bonds is 1. The van der Waals surface area contributed by atoms with E-state index < -0.39 is 11.9 Å². The van der Waals surface area contributed by atoms with Crippen LogP contribution in [-0.2, 0) is 4.79 Å². The van der Waals surface area contributed by atoms with Gasteiger partial charge in [0.2, 0.25) is 0 Å². The molecular weight excluding hydrogens is 130 g/mol. The van der Waals surface area contributed by atoms with E-state index in [1.165, 1.54) is 0 Å². The third kappa shape index (κ3) is 1.35. The summed E-state index contributed by atoms with van der Waals surface area (Å²) >= 11 is 0. The average Bonchev–Trinajstić information content (AvgIpc) is 1.88. The summed E-state index contributed by atoms with van der Waals surface area (Å²) in [6.45, 7) is 0. The molecule has 56 valence electrons. The smallest absolute Gasteiger partial charge is 0.312 e. The van der Waals surface area contributed by atoms with Gasteiger partial charge < -0.3 is 10.5 Å². The topological polar surface area (TPSA) is 61.2 Å². The molecule has 0 aromatic rings. The molecule has 0 aromatic heterocycles. The Morgan fingerprint density at radius 3 is 2.70 bits per heavy atom. The highest BCUT2D eigenvalue weighted by molar-refractivity contribution is 6.00. The van der Waals surface area contributed by atoms with Crippen LogP contribution in [0.4, 0.5) is 0 Å². The second kappa shape index (κ2) is 2.82. The van der Waals surface area contributed by atoms with Crippen molar-refractivity contribution in [2.45, 2.75) is 25.7 Å². The van der Waals surface area contributed by atoms with Gasteiger partial charge in [0, 0.05) is 5.71 Å². The molecule has 1 aliphatic rings. The van der Waals surface area contributed by atoms with Crippen molar-refractivity contribution in [2.75, 3.05) is 0 Å². The van der Waals surface area contributed by atoms with E-state index in [0.29, 0.717) is 18.6 Å². The minimum Gasteiger partial charge on any atom is -0.481 e. The molecule has 0 bridgehead atoms. The molecule has 1 atom stereocenters. The van der Waals surface area contributed by atoms with Crippen LogP contribution in [0.3, 0.4) is 0 Å². The summed E-state index contributed by atoms with van der Waals surface area (Å²) in [6.07, 6.45) is 3.28. The molecule has 1 rings (SSSR count). The van der Waals surface area contributed by atoms with E-state index >= 15 is 0 Å². The van der Waals surface area contributed by atoms with E-state index in [-0.39, 0.29) is 0 Å². The summed E-state index contributed by atoms with van der Waals surface area (Å²) in [7, 11) is 0. The molecule has 1 saturated carbocycles. The maximum atomic E-state index is 10.4. The number of carbonyl (C=O) groups is 1. The standard InChI is InChI=1S/C7H11NO2/c8-6-4-2-1-3-5(6)7(9)10/h5,8H,1-4H2,(H,9,10)/t5-/m1/s1. The summed E-state index contributed by atoms with van der Waals surface area (Å²) in [5.74, 6) is -1.31. The summed E-state index contributed by atoms with van der Waals surface area (Å²) in [5.41, 5.74) is 0.402. The molecule has 1 fully saturated rings. The first kappa shape index (κ1) is 7.25. The molecule has 1 aliphatic carbocycles. The monoisotopic (exact) mass is 141 g/mol.